The number of sulfonamides is 1. The molecule has 1 fully saturated rings. The van der Waals surface area contributed by atoms with Crippen molar-refractivity contribution >= 4 is 50.7 Å². The Kier molecular flexibility index (Phi) is 12.1. The molecule has 0 saturated heterocycles. The van der Waals surface area contributed by atoms with Gasteiger partial charge in [-0.2, -0.15) is 0 Å². The second kappa shape index (κ2) is 16.2. The van der Waals surface area contributed by atoms with Gasteiger partial charge in [0.2, 0.25) is 11.8 Å². The lowest BCUT2D eigenvalue weighted by atomic mass is 9.94. The van der Waals surface area contributed by atoms with Crippen molar-refractivity contribution in [2.45, 2.75) is 82.8 Å². The van der Waals surface area contributed by atoms with Gasteiger partial charge < -0.3 is 10.2 Å². The molecule has 4 aromatic rings. The van der Waals surface area contributed by atoms with Crippen LogP contribution >= 0.6 is 23.2 Å². The molecule has 7 nitrogen and oxygen atoms in total. The monoisotopic (exact) mass is 719 g/mol. The van der Waals surface area contributed by atoms with Gasteiger partial charge in [0.15, 0.2) is 0 Å². The summed E-state index contributed by atoms with van der Waals surface area (Å²) in [6, 6.07) is 25.7. The second-order valence-corrected chi connectivity index (χ2v) is 15.5. The summed E-state index contributed by atoms with van der Waals surface area (Å²) in [7, 11) is -4.20. The van der Waals surface area contributed by atoms with Crippen LogP contribution in [0.3, 0.4) is 0 Å². The van der Waals surface area contributed by atoms with Gasteiger partial charge in [-0.25, -0.2) is 8.42 Å². The SMILES string of the molecule is Cc1ccc(S(=O)(=O)N(CC(=O)N(Cc2ccc(Cl)c(Cl)c2)[C@H](Cc2ccccc2)C(=O)NC2CCCCC2)c2cccc(C)c2C)cc1. The summed E-state index contributed by atoms with van der Waals surface area (Å²) in [5, 5.41) is 3.91. The van der Waals surface area contributed by atoms with Crippen LogP contribution in [0.2, 0.25) is 10.0 Å². The van der Waals surface area contributed by atoms with Crippen molar-refractivity contribution in [2.75, 3.05) is 10.8 Å². The molecule has 5 rings (SSSR count). The van der Waals surface area contributed by atoms with E-state index in [1.807, 2.05) is 57.2 Å². The zero-order valence-corrected chi connectivity index (χ0v) is 30.5. The van der Waals surface area contributed by atoms with E-state index in [4.69, 9.17) is 23.2 Å². The summed E-state index contributed by atoms with van der Waals surface area (Å²) < 4.78 is 30.0. The van der Waals surface area contributed by atoms with Gasteiger partial charge >= 0.3 is 0 Å². The van der Waals surface area contributed by atoms with Gasteiger partial charge in [0, 0.05) is 19.0 Å². The van der Waals surface area contributed by atoms with Gasteiger partial charge in [-0.3, -0.25) is 13.9 Å². The number of nitrogens with one attached hydrogen (secondary N) is 1. The van der Waals surface area contributed by atoms with Crippen molar-refractivity contribution in [3.63, 3.8) is 0 Å². The fraction of sp³-hybridized carbons (Fsp3) is 0.333. The minimum Gasteiger partial charge on any atom is -0.352 e. The van der Waals surface area contributed by atoms with Crippen LogP contribution in [0.5, 0.6) is 0 Å². The van der Waals surface area contributed by atoms with E-state index in [0.29, 0.717) is 21.3 Å². The average molecular weight is 721 g/mol. The molecule has 0 unspecified atom stereocenters. The first-order chi connectivity index (χ1) is 23.4. The summed E-state index contributed by atoms with van der Waals surface area (Å²) in [4.78, 5) is 30.7. The number of halogens is 2. The Morgan fingerprint density at radius 3 is 2.18 bits per heavy atom. The standard InChI is InChI=1S/C39H43Cl2N3O4S/c1-27-17-20-33(21-18-27)49(47,48)44(36-16-10-11-28(2)29(36)3)26-38(45)43(25-31-19-22-34(40)35(41)23-31)37(24-30-12-6-4-7-13-30)39(46)42-32-14-8-5-9-15-32/h4,6-7,10-13,16-23,32,37H,5,8-9,14-15,24-26H2,1-3H3,(H,42,46)/t37-/m1/s1. The van der Waals surface area contributed by atoms with Gasteiger partial charge in [-0.15, -0.1) is 0 Å². The van der Waals surface area contributed by atoms with E-state index in [2.05, 4.69) is 5.32 Å². The number of nitrogens with zero attached hydrogens (tertiary/aromatic N) is 2. The predicted molar refractivity (Wildman–Crippen MR) is 198 cm³/mol. The van der Waals surface area contributed by atoms with E-state index in [0.717, 1.165) is 54.4 Å². The molecule has 1 aliphatic rings. The number of hydrogen-bond donors (Lipinski definition) is 1. The Labute approximate surface area is 300 Å². The predicted octanol–water partition coefficient (Wildman–Crippen LogP) is 8.20. The first kappa shape index (κ1) is 36.4. The highest BCUT2D eigenvalue weighted by molar-refractivity contribution is 7.92. The molecule has 0 aliphatic heterocycles. The molecule has 10 heteroatoms. The Morgan fingerprint density at radius 1 is 0.816 bits per heavy atom. The Balaban J connectivity index is 1.60. The maximum absolute atomic E-state index is 14.8. The largest absolute Gasteiger partial charge is 0.352 e. The van der Waals surface area contributed by atoms with Gasteiger partial charge in [0.05, 0.1) is 20.6 Å². The number of benzene rings is 4. The van der Waals surface area contributed by atoms with Crippen LogP contribution in [0, 0.1) is 20.8 Å². The van der Waals surface area contributed by atoms with Crippen LogP contribution < -0.4 is 9.62 Å². The number of aryl methyl sites for hydroxylation is 2. The average Bonchev–Trinajstić information content (AvgIpc) is 3.09. The number of carbonyl (C=O) groups is 2. The quantitative estimate of drug-likeness (QED) is 0.160. The fourth-order valence-corrected chi connectivity index (χ4v) is 8.08. The molecule has 1 saturated carbocycles. The number of carbonyl (C=O) groups excluding carboxylic acids is 2. The van der Waals surface area contributed by atoms with Crippen molar-refractivity contribution in [3.05, 3.63) is 129 Å². The molecular weight excluding hydrogens is 677 g/mol. The Hall–Kier alpha value is -3.85. The minimum absolute atomic E-state index is 0.00908. The topological polar surface area (TPSA) is 86.8 Å². The Morgan fingerprint density at radius 2 is 1.51 bits per heavy atom. The summed E-state index contributed by atoms with van der Waals surface area (Å²) in [5.74, 6) is -0.800. The van der Waals surface area contributed by atoms with E-state index in [1.165, 1.54) is 9.21 Å². The molecule has 2 amide bonds. The van der Waals surface area contributed by atoms with E-state index < -0.39 is 28.5 Å². The molecule has 4 aromatic carbocycles. The summed E-state index contributed by atoms with van der Waals surface area (Å²) in [6.45, 7) is 5.12. The van der Waals surface area contributed by atoms with Crippen LogP contribution in [0.1, 0.15) is 59.9 Å². The number of anilines is 1. The molecule has 1 aliphatic carbocycles. The smallest absolute Gasteiger partial charge is 0.264 e. The van der Waals surface area contributed by atoms with Crippen LogP contribution in [-0.2, 0) is 32.6 Å². The lowest BCUT2D eigenvalue weighted by Crippen LogP contribution is -2.55. The van der Waals surface area contributed by atoms with Crippen LogP contribution in [0.4, 0.5) is 5.69 Å². The molecule has 49 heavy (non-hydrogen) atoms. The molecular formula is C39H43Cl2N3O4S. The van der Waals surface area contributed by atoms with E-state index in [9.17, 15) is 18.0 Å². The van der Waals surface area contributed by atoms with Crippen LogP contribution in [-0.4, -0.2) is 43.8 Å². The third-order valence-electron chi connectivity index (χ3n) is 9.29. The highest BCUT2D eigenvalue weighted by atomic mass is 35.5. The third kappa shape index (κ3) is 9.04. The number of rotatable bonds is 12. The van der Waals surface area contributed by atoms with Crippen molar-refractivity contribution < 1.29 is 18.0 Å². The molecule has 0 spiro atoms. The van der Waals surface area contributed by atoms with Crippen molar-refractivity contribution in [3.8, 4) is 0 Å². The van der Waals surface area contributed by atoms with Crippen LogP contribution in [0.25, 0.3) is 0 Å². The molecule has 1 atom stereocenters. The molecule has 0 heterocycles. The highest BCUT2D eigenvalue weighted by Gasteiger charge is 2.36. The molecule has 0 radical (unpaired) electrons. The van der Waals surface area contributed by atoms with Crippen molar-refractivity contribution in [2.24, 2.45) is 0 Å². The summed E-state index contributed by atoms with van der Waals surface area (Å²) >= 11 is 12.7. The summed E-state index contributed by atoms with van der Waals surface area (Å²) in [5.41, 5.74) is 4.46. The molecule has 0 aromatic heterocycles. The minimum atomic E-state index is -4.20. The molecule has 258 valence electrons. The van der Waals surface area contributed by atoms with Crippen molar-refractivity contribution in [1.82, 2.24) is 10.2 Å². The van der Waals surface area contributed by atoms with Gasteiger partial charge in [-0.1, -0.05) is 109 Å². The lowest BCUT2D eigenvalue weighted by molar-refractivity contribution is -0.140. The maximum atomic E-state index is 14.8. The van der Waals surface area contributed by atoms with E-state index in [-0.39, 0.29) is 29.8 Å². The fourth-order valence-electron chi connectivity index (χ4n) is 6.29. The maximum Gasteiger partial charge on any atom is 0.264 e. The number of hydrogen-bond acceptors (Lipinski definition) is 4. The van der Waals surface area contributed by atoms with Crippen LogP contribution in [0.15, 0.2) is 95.9 Å². The second-order valence-electron chi connectivity index (χ2n) is 12.9. The zero-order valence-electron chi connectivity index (χ0n) is 28.2. The van der Waals surface area contributed by atoms with Gasteiger partial charge in [-0.05, 0) is 86.2 Å². The first-order valence-electron chi connectivity index (χ1n) is 16.7. The Bertz CT molecular complexity index is 1880. The van der Waals surface area contributed by atoms with E-state index in [1.54, 1.807) is 54.6 Å². The summed E-state index contributed by atoms with van der Waals surface area (Å²) in [6.07, 6.45) is 5.18. The van der Waals surface area contributed by atoms with Gasteiger partial charge in [0.25, 0.3) is 10.0 Å². The zero-order chi connectivity index (χ0) is 35.1. The van der Waals surface area contributed by atoms with Gasteiger partial charge in [0.1, 0.15) is 12.6 Å². The lowest BCUT2D eigenvalue weighted by Gasteiger charge is -2.35. The number of amides is 2. The van der Waals surface area contributed by atoms with E-state index >= 15 is 0 Å². The highest BCUT2D eigenvalue weighted by Crippen LogP contribution is 2.30. The van der Waals surface area contributed by atoms with Crippen molar-refractivity contribution in [1.29, 1.82) is 0 Å². The molecule has 1 N–H and O–H groups in total. The first-order valence-corrected chi connectivity index (χ1v) is 18.9. The third-order valence-corrected chi connectivity index (χ3v) is 11.8. The normalized spacial score (nSPS) is 14.2. The molecule has 0 bridgehead atoms.